The third-order valence-corrected chi connectivity index (χ3v) is 5.95. The summed E-state index contributed by atoms with van der Waals surface area (Å²) in [6, 6.07) is 3.70. The van der Waals surface area contributed by atoms with Crippen molar-refractivity contribution in [2.45, 2.75) is 38.4 Å². The van der Waals surface area contributed by atoms with Crippen LogP contribution in [-0.2, 0) is 4.74 Å². The van der Waals surface area contributed by atoms with Gasteiger partial charge >= 0.3 is 0 Å². The molecule has 0 aromatic carbocycles. The Morgan fingerprint density at radius 2 is 2.32 bits per heavy atom. The van der Waals surface area contributed by atoms with E-state index in [1.165, 1.54) is 11.3 Å². The zero-order valence-corrected chi connectivity index (χ0v) is 13.4. The lowest BCUT2D eigenvalue weighted by Crippen LogP contribution is -2.62. The molecule has 3 rings (SSSR count). The maximum Gasteiger partial charge on any atom is 0.263 e. The summed E-state index contributed by atoms with van der Waals surface area (Å²) in [5, 5.41) is 20.7. The van der Waals surface area contributed by atoms with E-state index in [9.17, 15) is 9.90 Å². The fraction of sp³-hybridized carbons (Fsp3) is 0.625. The second kappa shape index (κ2) is 5.99. The van der Waals surface area contributed by atoms with E-state index in [1.54, 1.807) is 11.4 Å². The minimum absolute atomic E-state index is 0.0110. The zero-order valence-electron chi connectivity index (χ0n) is 12.6. The molecule has 1 aliphatic heterocycles. The Kier molecular flexibility index (Phi) is 4.22. The minimum atomic E-state index is -0.312. The van der Waals surface area contributed by atoms with Gasteiger partial charge in [0.15, 0.2) is 0 Å². The third kappa shape index (κ3) is 2.43. The van der Waals surface area contributed by atoms with Crippen LogP contribution < -0.4 is 0 Å². The summed E-state index contributed by atoms with van der Waals surface area (Å²) in [6.07, 6.45) is 2.07. The first kappa shape index (κ1) is 15.5. The van der Waals surface area contributed by atoms with Crippen LogP contribution in [0.4, 0.5) is 0 Å². The maximum absolute atomic E-state index is 12.5. The van der Waals surface area contributed by atoms with E-state index in [-0.39, 0.29) is 23.5 Å². The number of carbonyl (C=O) groups is 1. The molecule has 0 unspecified atom stereocenters. The number of nitriles is 1. The lowest BCUT2D eigenvalue weighted by molar-refractivity contribution is -0.207. The smallest absolute Gasteiger partial charge is 0.263 e. The van der Waals surface area contributed by atoms with E-state index in [2.05, 4.69) is 6.07 Å². The number of aliphatic hydroxyl groups excluding tert-OH is 1. The predicted octanol–water partition coefficient (Wildman–Crippen LogP) is 2.01. The number of nitrogens with zero attached hydrogens (tertiary/aromatic N) is 2. The van der Waals surface area contributed by atoms with Crippen molar-refractivity contribution in [1.82, 2.24) is 4.90 Å². The Morgan fingerprint density at radius 1 is 1.59 bits per heavy atom. The van der Waals surface area contributed by atoms with Gasteiger partial charge in [0, 0.05) is 36.9 Å². The molecule has 1 spiro atoms. The molecule has 2 fully saturated rings. The lowest BCUT2D eigenvalue weighted by Gasteiger charge is -2.56. The largest absolute Gasteiger partial charge is 0.392 e. The topological polar surface area (TPSA) is 73.6 Å². The average Bonchev–Trinajstić information content (AvgIpc) is 3.03. The summed E-state index contributed by atoms with van der Waals surface area (Å²) in [5.41, 5.74) is 0.368. The van der Waals surface area contributed by atoms with Gasteiger partial charge in [0.25, 0.3) is 5.91 Å². The molecular weight excluding hydrogens is 300 g/mol. The average molecular weight is 320 g/mol. The van der Waals surface area contributed by atoms with E-state index in [4.69, 9.17) is 10.00 Å². The predicted molar refractivity (Wildman–Crippen MR) is 82.6 cm³/mol. The van der Waals surface area contributed by atoms with Crippen molar-refractivity contribution in [1.29, 1.82) is 5.26 Å². The van der Waals surface area contributed by atoms with E-state index >= 15 is 0 Å². The number of likely N-dealkylation sites (tertiary alicyclic amines) is 1. The third-order valence-electron chi connectivity index (χ3n) is 5.03. The zero-order chi connectivity index (χ0) is 15.7. The summed E-state index contributed by atoms with van der Waals surface area (Å²) in [5.74, 6) is -0.0110. The number of hydrogen-bond donors (Lipinski definition) is 1. The van der Waals surface area contributed by atoms with Crippen molar-refractivity contribution < 1.29 is 14.6 Å². The van der Waals surface area contributed by atoms with Crippen LogP contribution in [-0.4, -0.2) is 47.8 Å². The number of carbonyl (C=O) groups excluding carboxylic acids is 1. The molecule has 22 heavy (non-hydrogen) atoms. The van der Waals surface area contributed by atoms with Crippen LogP contribution in [0, 0.1) is 16.7 Å². The van der Waals surface area contributed by atoms with Gasteiger partial charge in [0.2, 0.25) is 0 Å². The number of thiophene rings is 1. The minimum Gasteiger partial charge on any atom is -0.392 e. The van der Waals surface area contributed by atoms with Crippen molar-refractivity contribution in [3.8, 4) is 6.07 Å². The van der Waals surface area contributed by atoms with Gasteiger partial charge in [-0.3, -0.25) is 4.79 Å². The van der Waals surface area contributed by atoms with Crippen LogP contribution >= 0.6 is 11.3 Å². The monoisotopic (exact) mass is 320 g/mol. The first-order valence-corrected chi connectivity index (χ1v) is 8.56. The standard InChI is InChI=1S/C16H20N2O3S/c1-2-21-14-8-13(19)16(14)3-5-18(6-4-16)15(20)12-7-11(9-17)10-22-12/h7,10,13-14,19H,2-6,8H2,1H3/t13-,14+/m1/s1. The highest BCUT2D eigenvalue weighted by molar-refractivity contribution is 7.12. The number of hydrogen-bond acceptors (Lipinski definition) is 5. The Balaban J connectivity index is 1.64. The second-order valence-corrected chi connectivity index (χ2v) is 6.94. The van der Waals surface area contributed by atoms with Gasteiger partial charge in [-0.1, -0.05) is 0 Å². The number of rotatable bonds is 3. The highest BCUT2D eigenvalue weighted by Crippen LogP contribution is 2.51. The van der Waals surface area contributed by atoms with E-state index < -0.39 is 0 Å². The van der Waals surface area contributed by atoms with Crippen molar-refractivity contribution in [2.75, 3.05) is 19.7 Å². The van der Waals surface area contributed by atoms with Gasteiger partial charge in [-0.15, -0.1) is 11.3 Å². The Hall–Kier alpha value is -1.42. The fourth-order valence-corrected chi connectivity index (χ4v) is 4.41. The summed E-state index contributed by atoms with van der Waals surface area (Å²) in [4.78, 5) is 14.9. The summed E-state index contributed by atoms with van der Waals surface area (Å²) in [7, 11) is 0. The number of ether oxygens (including phenoxy) is 1. The molecule has 1 amide bonds. The van der Waals surface area contributed by atoms with Crippen LogP contribution in [0.5, 0.6) is 0 Å². The van der Waals surface area contributed by atoms with E-state index in [1.807, 2.05) is 11.8 Å². The van der Waals surface area contributed by atoms with Gasteiger partial charge in [-0.25, -0.2) is 0 Å². The quantitative estimate of drug-likeness (QED) is 0.924. The molecule has 2 atom stereocenters. The molecule has 1 aromatic heterocycles. The second-order valence-electron chi connectivity index (χ2n) is 6.03. The lowest BCUT2D eigenvalue weighted by atomic mass is 9.58. The van der Waals surface area contributed by atoms with Crippen molar-refractivity contribution in [3.63, 3.8) is 0 Å². The van der Waals surface area contributed by atoms with E-state index in [0.717, 1.165) is 12.8 Å². The van der Waals surface area contributed by atoms with Gasteiger partial charge in [0.1, 0.15) is 6.07 Å². The first-order chi connectivity index (χ1) is 10.6. The first-order valence-electron chi connectivity index (χ1n) is 7.68. The highest BCUT2D eigenvalue weighted by atomic mass is 32.1. The molecule has 6 heteroatoms. The summed E-state index contributed by atoms with van der Waals surface area (Å²) in [6.45, 7) is 3.91. The summed E-state index contributed by atoms with van der Waals surface area (Å²) < 4.78 is 5.74. The van der Waals surface area contributed by atoms with Crippen molar-refractivity contribution in [3.05, 3.63) is 21.9 Å². The van der Waals surface area contributed by atoms with Crippen molar-refractivity contribution >= 4 is 17.2 Å². The van der Waals surface area contributed by atoms with Gasteiger partial charge in [-0.2, -0.15) is 5.26 Å². The summed E-state index contributed by atoms with van der Waals surface area (Å²) >= 11 is 1.32. The van der Waals surface area contributed by atoms with Gasteiger partial charge < -0.3 is 14.7 Å². The number of amides is 1. The maximum atomic E-state index is 12.5. The number of piperidine rings is 1. The molecule has 0 bridgehead atoms. The Labute approximate surface area is 134 Å². The molecule has 118 valence electrons. The molecule has 1 saturated carbocycles. The van der Waals surface area contributed by atoms with Crippen molar-refractivity contribution in [2.24, 2.45) is 5.41 Å². The molecule has 1 N–H and O–H groups in total. The molecule has 1 saturated heterocycles. The molecule has 2 aliphatic rings. The molecule has 1 aliphatic carbocycles. The molecular formula is C16H20N2O3S. The molecule has 5 nitrogen and oxygen atoms in total. The Bertz CT molecular complexity index is 597. The molecule has 2 heterocycles. The fourth-order valence-electron chi connectivity index (χ4n) is 3.61. The normalized spacial score (nSPS) is 26.5. The SMILES string of the molecule is CCO[C@H]1C[C@@H](O)C12CCN(C(=O)c1cc(C#N)cs1)CC2. The van der Waals surface area contributed by atoms with E-state index in [0.29, 0.717) is 36.6 Å². The van der Waals surface area contributed by atoms with Crippen LogP contribution in [0.25, 0.3) is 0 Å². The number of aliphatic hydroxyl groups is 1. The Morgan fingerprint density at radius 3 is 2.86 bits per heavy atom. The van der Waals surface area contributed by atoms with Crippen LogP contribution in [0.3, 0.4) is 0 Å². The molecule has 1 aromatic rings. The van der Waals surface area contributed by atoms with Crippen LogP contribution in [0.1, 0.15) is 41.4 Å². The van der Waals surface area contributed by atoms with Gasteiger partial charge in [-0.05, 0) is 25.8 Å². The molecule has 0 radical (unpaired) electrons. The van der Waals surface area contributed by atoms with Gasteiger partial charge in [0.05, 0.1) is 22.6 Å². The highest BCUT2D eigenvalue weighted by Gasteiger charge is 2.56. The van der Waals surface area contributed by atoms with Crippen LogP contribution in [0.2, 0.25) is 0 Å². The van der Waals surface area contributed by atoms with Crippen LogP contribution in [0.15, 0.2) is 11.4 Å².